The highest BCUT2D eigenvalue weighted by molar-refractivity contribution is 6.29. The van der Waals surface area contributed by atoms with Gasteiger partial charge in [-0.05, 0) is 12.1 Å². The second-order valence-corrected chi connectivity index (χ2v) is 7.90. The number of methoxy groups -OCH3 is 2. The molecule has 0 saturated carbocycles. The molecule has 0 saturated heterocycles. The Kier molecular flexibility index (Phi) is 4.55. The van der Waals surface area contributed by atoms with E-state index >= 15 is 0 Å². The molecule has 0 radical (unpaired) electrons. The minimum atomic E-state index is -0.140. The Balaban J connectivity index is 1.83. The summed E-state index contributed by atoms with van der Waals surface area (Å²) in [7, 11) is 3.25. The summed E-state index contributed by atoms with van der Waals surface area (Å²) in [5, 5.41) is 1.90. The van der Waals surface area contributed by atoms with Gasteiger partial charge in [-0.15, -0.1) is 0 Å². The van der Waals surface area contributed by atoms with Crippen LogP contribution in [0.4, 0.5) is 0 Å². The second kappa shape index (κ2) is 7.31. The molecule has 0 amide bonds. The Hall–Kier alpha value is -3.99. The number of aromatic nitrogens is 1. The Morgan fingerprint density at radius 1 is 0.750 bits per heavy atom. The van der Waals surface area contributed by atoms with Gasteiger partial charge in [-0.25, -0.2) is 0 Å². The van der Waals surface area contributed by atoms with Gasteiger partial charge in [0.1, 0.15) is 17.1 Å². The molecular formula is C27H22NO4+. The van der Waals surface area contributed by atoms with Crippen molar-refractivity contribution in [1.29, 1.82) is 0 Å². The third-order valence-electron chi connectivity index (χ3n) is 6.15. The number of aryl methyl sites for hydroxylation is 2. The molecule has 0 unspecified atom stereocenters. The zero-order valence-corrected chi connectivity index (χ0v) is 18.4. The highest BCUT2D eigenvalue weighted by Crippen LogP contribution is 2.35. The maximum absolute atomic E-state index is 13.5. The molecule has 0 spiro atoms. The van der Waals surface area contributed by atoms with E-state index in [-0.39, 0.29) is 11.6 Å². The molecule has 0 aliphatic heterocycles. The van der Waals surface area contributed by atoms with Crippen LogP contribution < -0.4 is 14.0 Å². The Morgan fingerprint density at radius 3 is 2.12 bits per heavy atom. The van der Waals surface area contributed by atoms with Crippen molar-refractivity contribution in [1.82, 2.24) is 0 Å². The van der Waals surface area contributed by atoms with Crippen molar-refractivity contribution in [3.05, 3.63) is 94.3 Å². The van der Waals surface area contributed by atoms with Gasteiger partial charge in [0.05, 0.1) is 19.6 Å². The zero-order chi connectivity index (χ0) is 22.6. The van der Waals surface area contributed by atoms with Crippen LogP contribution in [0.2, 0.25) is 0 Å². The van der Waals surface area contributed by atoms with E-state index in [0.29, 0.717) is 39.4 Å². The largest absolute Gasteiger partial charge is 0.497 e. The fourth-order valence-corrected chi connectivity index (χ4v) is 4.74. The lowest BCUT2D eigenvalue weighted by Crippen LogP contribution is -2.41. The average Bonchev–Trinajstić information content (AvgIpc) is 2.81. The molecule has 158 valence electrons. The molecule has 0 bridgehead atoms. The van der Waals surface area contributed by atoms with E-state index in [4.69, 9.17) is 9.47 Å². The van der Waals surface area contributed by atoms with E-state index in [9.17, 15) is 9.59 Å². The lowest BCUT2D eigenvalue weighted by Gasteiger charge is -2.19. The number of benzene rings is 3. The monoisotopic (exact) mass is 424 g/mol. The van der Waals surface area contributed by atoms with Gasteiger partial charge in [0, 0.05) is 54.1 Å². The summed E-state index contributed by atoms with van der Waals surface area (Å²) in [6, 6.07) is 18.3. The fourth-order valence-electron chi connectivity index (χ4n) is 4.74. The van der Waals surface area contributed by atoms with Gasteiger partial charge < -0.3 is 9.47 Å². The number of ketones is 2. The molecule has 0 N–H and O–H groups in total. The summed E-state index contributed by atoms with van der Waals surface area (Å²) in [6.45, 7) is 3.98. The Bertz CT molecular complexity index is 1450. The van der Waals surface area contributed by atoms with Crippen molar-refractivity contribution < 1.29 is 23.6 Å². The van der Waals surface area contributed by atoms with Crippen LogP contribution in [0.25, 0.3) is 16.5 Å². The number of rotatable bonds is 3. The lowest BCUT2D eigenvalue weighted by molar-refractivity contribution is -0.608. The first-order valence-corrected chi connectivity index (χ1v) is 10.4. The number of pyridine rings is 1. The number of carbonyl (C=O) groups excluding carboxylic acids is 2. The first kappa shape index (κ1) is 19.9. The van der Waals surface area contributed by atoms with Crippen LogP contribution in [0.5, 0.6) is 11.5 Å². The molecule has 1 aromatic heterocycles. The summed E-state index contributed by atoms with van der Waals surface area (Å²) in [5.74, 6) is 1.12. The SMILES string of the molecule is COc1cc(OC)c2c(C)[n+](-c3cccc4c3C(=O)c3ccccc3C4=O)c(C)cc2c1. The maximum Gasteiger partial charge on any atom is 0.223 e. The van der Waals surface area contributed by atoms with Crippen molar-refractivity contribution >= 4 is 22.3 Å². The summed E-state index contributed by atoms with van der Waals surface area (Å²) < 4.78 is 13.1. The lowest BCUT2D eigenvalue weighted by atomic mass is 9.83. The van der Waals surface area contributed by atoms with Gasteiger partial charge in [0.2, 0.25) is 11.5 Å². The van der Waals surface area contributed by atoms with Crippen molar-refractivity contribution in [3.8, 4) is 17.2 Å². The highest BCUT2D eigenvalue weighted by atomic mass is 16.5. The number of ether oxygens (including phenoxy) is 2. The van der Waals surface area contributed by atoms with Crippen LogP contribution in [-0.2, 0) is 0 Å². The van der Waals surface area contributed by atoms with Gasteiger partial charge in [0.25, 0.3) is 0 Å². The number of carbonyl (C=O) groups is 2. The number of nitrogens with zero attached hydrogens (tertiary/aromatic N) is 1. The van der Waals surface area contributed by atoms with Gasteiger partial charge in [0.15, 0.2) is 17.2 Å². The Labute approximate surface area is 185 Å². The highest BCUT2D eigenvalue weighted by Gasteiger charge is 2.36. The predicted molar refractivity (Wildman–Crippen MR) is 121 cm³/mol. The first-order chi connectivity index (χ1) is 15.5. The van der Waals surface area contributed by atoms with E-state index < -0.39 is 0 Å². The molecule has 3 aromatic carbocycles. The quantitative estimate of drug-likeness (QED) is 0.400. The molecular weight excluding hydrogens is 402 g/mol. The third-order valence-corrected chi connectivity index (χ3v) is 6.15. The normalized spacial score (nSPS) is 12.5. The predicted octanol–water partition coefficient (Wildman–Crippen LogP) is 4.53. The smallest absolute Gasteiger partial charge is 0.223 e. The number of hydrogen-bond acceptors (Lipinski definition) is 4. The second-order valence-electron chi connectivity index (χ2n) is 7.90. The molecule has 5 rings (SSSR count). The first-order valence-electron chi connectivity index (χ1n) is 10.4. The fraction of sp³-hybridized carbons (Fsp3) is 0.148. The van der Waals surface area contributed by atoms with Crippen molar-refractivity contribution in [3.63, 3.8) is 0 Å². The van der Waals surface area contributed by atoms with Crippen molar-refractivity contribution in [2.75, 3.05) is 14.2 Å². The summed E-state index contributed by atoms with van der Waals surface area (Å²) >= 11 is 0. The third kappa shape index (κ3) is 2.74. The van der Waals surface area contributed by atoms with Crippen LogP contribution in [0.3, 0.4) is 0 Å². The van der Waals surface area contributed by atoms with Crippen LogP contribution in [-0.4, -0.2) is 25.8 Å². The van der Waals surface area contributed by atoms with Crippen LogP contribution in [0.1, 0.15) is 43.2 Å². The standard InChI is InChI=1S/C27H22NO4/c1-15-12-17-13-18(31-3)14-23(32-4)24(17)16(2)28(15)22-11-7-10-21-25(22)27(30)20-9-6-5-8-19(20)26(21)29/h5-14H,1-4H3/q+1. The molecule has 1 aliphatic rings. The van der Waals surface area contributed by atoms with E-state index in [1.807, 2.05) is 48.7 Å². The minimum absolute atomic E-state index is 0.129. The molecule has 32 heavy (non-hydrogen) atoms. The van der Waals surface area contributed by atoms with Gasteiger partial charge in [-0.2, -0.15) is 4.57 Å². The minimum Gasteiger partial charge on any atom is -0.497 e. The summed E-state index contributed by atoms with van der Waals surface area (Å²) in [6.07, 6.45) is 0. The van der Waals surface area contributed by atoms with Gasteiger partial charge >= 0.3 is 0 Å². The molecule has 4 aromatic rings. The van der Waals surface area contributed by atoms with Crippen molar-refractivity contribution in [2.45, 2.75) is 13.8 Å². The number of hydrogen-bond donors (Lipinski definition) is 0. The van der Waals surface area contributed by atoms with E-state index in [0.717, 1.165) is 22.2 Å². The maximum atomic E-state index is 13.5. The summed E-state index contributed by atoms with van der Waals surface area (Å²) in [5.41, 5.74) is 4.28. The van der Waals surface area contributed by atoms with Crippen LogP contribution >= 0.6 is 0 Å². The molecule has 0 atom stereocenters. The van der Waals surface area contributed by atoms with Crippen molar-refractivity contribution in [2.24, 2.45) is 0 Å². The van der Waals surface area contributed by atoms with Gasteiger partial charge in [-0.1, -0.05) is 30.3 Å². The van der Waals surface area contributed by atoms with E-state index in [1.165, 1.54) is 0 Å². The molecule has 5 heteroatoms. The summed E-state index contributed by atoms with van der Waals surface area (Å²) in [4.78, 5) is 26.7. The number of fused-ring (bicyclic) bond motifs is 3. The molecule has 1 heterocycles. The zero-order valence-electron chi connectivity index (χ0n) is 18.4. The van der Waals surface area contributed by atoms with Gasteiger partial charge in [-0.3, -0.25) is 9.59 Å². The van der Waals surface area contributed by atoms with Crippen LogP contribution in [0.15, 0.2) is 60.7 Å². The van der Waals surface area contributed by atoms with E-state index in [2.05, 4.69) is 0 Å². The average molecular weight is 424 g/mol. The molecule has 0 fully saturated rings. The van der Waals surface area contributed by atoms with E-state index in [1.54, 1.807) is 44.6 Å². The molecule has 1 aliphatic carbocycles. The van der Waals surface area contributed by atoms with Crippen LogP contribution in [0, 0.1) is 13.8 Å². The topological polar surface area (TPSA) is 56.5 Å². The molecule has 5 nitrogen and oxygen atoms in total. The Morgan fingerprint density at radius 2 is 1.44 bits per heavy atom.